The van der Waals surface area contributed by atoms with Crippen LogP contribution < -0.4 is 14.2 Å². The van der Waals surface area contributed by atoms with Crippen LogP contribution in [0.3, 0.4) is 0 Å². The number of likely N-dealkylation sites (N-methyl/N-ethyl adjacent to an activating group) is 1. The van der Waals surface area contributed by atoms with Crippen molar-refractivity contribution in [1.29, 1.82) is 0 Å². The fraction of sp³-hybridized carbons (Fsp3) is 0.667. The van der Waals surface area contributed by atoms with Gasteiger partial charge in [-0.3, -0.25) is 4.90 Å². The summed E-state index contributed by atoms with van der Waals surface area (Å²) in [5, 5.41) is 10.7. The van der Waals surface area contributed by atoms with E-state index in [0.717, 1.165) is 25.9 Å². The van der Waals surface area contributed by atoms with Crippen LogP contribution in [-0.2, 0) is 0 Å². The van der Waals surface area contributed by atoms with Crippen LogP contribution in [0.4, 0.5) is 0 Å². The minimum atomic E-state index is -0.635. The van der Waals surface area contributed by atoms with Crippen molar-refractivity contribution in [3.63, 3.8) is 0 Å². The van der Waals surface area contributed by atoms with Gasteiger partial charge in [-0.15, -0.1) is 0 Å². The summed E-state index contributed by atoms with van der Waals surface area (Å²) in [4.78, 5) is 4.30. The number of rotatable bonds is 8. The molecule has 1 aliphatic rings. The van der Waals surface area contributed by atoms with Gasteiger partial charge >= 0.3 is 0 Å². The number of hydrogen-bond acceptors (Lipinski definition) is 6. The Balaban J connectivity index is 1.90. The van der Waals surface area contributed by atoms with Crippen LogP contribution in [0.5, 0.6) is 17.2 Å². The Labute approximate surface area is 144 Å². The summed E-state index contributed by atoms with van der Waals surface area (Å²) in [6.45, 7) is 3.64. The second kappa shape index (κ2) is 8.55. The Bertz CT molecular complexity index is 501. The quantitative estimate of drug-likeness (QED) is 0.775. The third-order valence-corrected chi connectivity index (χ3v) is 4.28. The first kappa shape index (κ1) is 18.8. The minimum Gasteiger partial charge on any atom is -0.493 e. The summed E-state index contributed by atoms with van der Waals surface area (Å²) in [5.41, 5.74) is -0.635. The van der Waals surface area contributed by atoms with Crippen molar-refractivity contribution in [3.05, 3.63) is 18.2 Å². The molecule has 0 saturated carbocycles. The van der Waals surface area contributed by atoms with E-state index in [1.54, 1.807) is 14.2 Å². The van der Waals surface area contributed by atoms with Gasteiger partial charge in [0.05, 0.1) is 19.8 Å². The van der Waals surface area contributed by atoms with Gasteiger partial charge in [0.15, 0.2) is 11.5 Å². The zero-order valence-corrected chi connectivity index (χ0v) is 15.2. The van der Waals surface area contributed by atoms with Crippen LogP contribution in [0.25, 0.3) is 0 Å². The lowest BCUT2D eigenvalue weighted by molar-refractivity contribution is -0.0478. The Kier molecular flexibility index (Phi) is 6.71. The molecule has 1 saturated heterocycles. The third-order valence-electron chi connectivity index (χ3n) is 4.28. The predicted octanol–water partition coefficient (Wildman–Crippen LogP) is 1.47. The molecule has 1 heterocycles. The zero-order chi connectivity index (χ0) is 17.6. The number of nitrogens with zero attached hydrogens (tertiary/aromatic N) is 2. The fourth-order valence-electron chi connectivity index (χ4n) is 3.35. The summed E-state index contributed by atoms with van der Waals surface area (Å²) in [6.07, 6.45) is 1.85. The summed E-state index contributed by atoms with van der Waals surface area (Å²) >= 11 is 0. The van der Waals surface area contributed by atoms with Crippen molar-refractivity contribution in [2.24, 2.45) is 0 Å². The average molecular weight is 338 g/mol. The average Bonchev–Trinajstić information content (AvgIpc) is 2.53. The molecule has 1 aliphatic heterocycles. The van der Waals surface area contributed by atoms with E-state index in [1.807, 2.05) is 37.2 Å². The van der Waals surface area contributed by atoms with Crippen molar-refractivity contribution >= 4 is 0 Å². The van der Waals surface area contributed by atoms with E-state index < -0.39 is 5.60 Å². The van der Waals surface area contributed by atoms with Gasteiger partial charge in [0, 0.05) is 19.6 Å². The van der Waals surface area contributed by atoms with Crippen molar-refractivity contribution in [2.75, 3.05) is 61.1 Å². The van der Waals surface area contributed by atoms with Crippen LogP contribution in [0.2, 0.25) is 0 Å². The number of ether oxygens (including phenoxy) is 3. The Morgan fingerprint density at radius 2 is 1.88 bits per heavy atom. The van der Waals surface area contributed by atoms with Crippen molar-refractivity contribution in [2.45, 2.75) is 18.4 Å². The first-order chi connectivity index (χ1) is 11.5. The number of likely N-dealkylation sites (tertiary alicyclic amines) is 1. The molecule has 136 valence electrons. The number of methoxy groups -OCH3 is 2. The number of piperidine rings is 1. The number of aliphatic hydroxyl groups is 1. The molecule has 0 bridgehead atoms. The summed E-state index contributed by atoms with van der Waals surface area (Å²) in [5.74, 6) is 1.96. The highest BCUT2D eigenvalue weighted by Crippen LogP contribution is 2.36. The molecular formula is C18H30N2O4. The second-order valence-corrected chi connectivity index (χ2v) is 6.68. The molecule has 0 amide bonds. The molecule has 1 unspecified atom stereocenters. The number of benzene rings is 1. The Morgan fingerprint density at radius 3 is 2.46 bits per heavy atom. The van der Waals surface area contributed by atoms with E-state index in [4.69, 9.17) is 14.2 Å². The van der Waals surface area contributed by atoms with Crippen LogP contribution in [0.1, 0.15) is 12.8 Å². The molecule has 1 aromatic carbocycles. The molecule has 0 radical (unpaired) electrons. The van der Waals surface area contributed by atoms with E-state index in [0.29, 0.717) is 36.9 Å². The standard InChI is InChI=1S/C18H30N2O4/c1-19(2)13-18(21)9-6-10-20(14-18)11-12-24-17-15(22-3)7-5-8-16(17)23-4/h5,7-8,21H,6,9-14H2,1-4H3. The maximum atomic E-state index is 10.7. The first-order valence-electron chi connectivity index (χ1n) is 8.41. The molecule has 0 aliphatic carbocycles. The Morgan fingerprint density at radius 1 is 1.21 bits per heavy atom. The van der Waals surface area contributed by atoms with Crippen molar-refractivity contribution < 1.29 is 19.3 Å². The minimum absolute atomic E-state index is 0.523. The van der Waals surface area contributed by atoms with Crippen molar-refractivity contribution in [1.82, 2.24) is 9.80 Å². The SMILES string of the molecule is COc1cccc(OC)c1OCCN1CCCC(O)(CN(C)C)C1. The zero-order valence-electron chi connectivity index (χ0n) is 15.2. The van der Waals surface area contributed by atoms with E-state index in [2.05, 4.69) is 4.90 Å². The highest BCUT2D eigenvalue weighted by molar-refractivity contribution is 5.51. The van der Waals surface area contributed by atoms with E-state index in [1.165, 1.54) is 0 Å². The number of hydrogen-bond donors (Lipinski definition) is 1. The van der Waals surface area contributed by atoms with Gasteiger partial charge in [0.25, 0.3) is 0 Å². The molecule has 0 aromatic heterocycles. The molecule has 2 rings (SSSR count). The summed E-state index contributed by atoms with van der Waals surface area (Å²) in [7, 11) is 7.23. The van der Waals surface area contributed by atoms with Gasteiger partial charge in [-0.05, 0) is 45.6 Å². The van der Waals surface area contributed by atoms with Gasteiger partial charge < -0.3 is 24.2 Å². The van der Waals surface area contributed by atoms with Gasteiger partial charge in [-0.1, -0.05) is 6.07 Å². The molecular weight excluding hydrogens is 308 g/mol. The molecule has 6 nitrogen and oxygen atoms in total. The highest BCUT2D eigenvalue weighted by atomic mass is 16.5. The van der Waals surface area contributed by atoms with Crippen molar-refractivity contribution in [3.8, 4) is 17.2 Å². The maximum absolute atomic E-state index is 10.7. The number of β-amino-alcohol motifs (C(OH)–C–C–N with tert-alkyl or cyclic N) is 1. The van der Waals surface area contributed by atoms with Crippen LogP contribution in [-0.4, -0.2) is 81.6 Å². The van der Waals surface area contributed by atoms with E-state index >= 15 is 0 Å². The van der Waals surface area contributed by atoms with Crippen LogP contribution in [0.15, 0.2) is 18.2 Å². The lowest BCUT2D eigenvalue weighted by Crippen LogP contribution is -2.53. The molecule has 0 spiro atoms. The van der Waals surface area contributed by atoms with E-state index in [-0.39, 0.29) is 0 Å². The van der Waals surface area contributed by atoms with Crippen LogP contribution >= 0.6 is 0 Å². The maximum Gasteiger partial charge on any atom is 0.203 e. The molecule has 1 fully saturated rings. The molecule has 6 heteroatoms. The highest BCUT2D eigenvalue weighted by Gasteiger charge is 2.33. The monoisotopic (exact) mass is 338 g/mol. The normalized spacial score (nSPS) is 21.8. The van der Waals surface area contributed by atoms with Crippen LogP contribution in [0, 0.1) is 0 Å². The Hall–Kier alpha value is -1.50. The lowest BCUT2D eigenvalue weighted by atomic mass is 9.92. The van der Waals surface area contributed by atoms with Gasteiger partial charge in [-0.25, -0.2) is 0 Å². The molecule has 1 N–H and O–H groups in total. The predicted molar refractivity (Wildman–Crippen MR) is 94.2 cm³/mol. The summed E-state index contributed by atoms with van der Waals surface area (Å²) in [6, 6.07) is 5.58. The smallest absolute Gasteiger partial charge is 0.203 e. The second-order valence-electron chi connectivity index (χ2n) is 6.68. The third kappa shape index (κ3) is 5.00. The largest absolute Gasteiger partial charge is 0.493 e. The molecule has 24 heavy (non-hydrogen) atoms. The van der Waals surface area contributed by atoms with Gasteiger partial charge in [-0.2, -0.15) is 0 Å². The first-order valence-corrected chi connectivity index (χ1v) is 8.41. The summed E-state index contributed by atoms with van der Waals surface area (Å²) < 4.78 is 16.6. The van der Waals surface area contributed by atoms with E-state index in [9.17, 15) is 5.11 Å². The number of para-hydroxylation sites is 1. The van der Waals surface area contributed by atoms with Gasteiger partial charge in [0.1, 0.15) is 6.61 Å². The fourth-order valence-corrected chi connectivity index (χ4v) is 3.35. The lowest BCUT2D eigenvalue weighted by Gasteiger charge is -2.40. The molecule has 1 aromatic rings. The topological polar surface area (TPSA) is 54.4 Å². The molecule has 1 atom stereocenters. The van der Waals surface area contributed by atoms with Gasteiger partial charge in [0.2, 0.25) is 5.75 Å².